The van der Waals surface area contributed by atoms with E-state index in [1.807, 2.05) is 138 Å². The van der Waals surface area contributed by atoms with Crippen LogP contribution in [0.5, 0.6) is 0 Å². The van der Waals surface area contributed by atoms with Gasteiger partial charge in [0.05, 0.1) is 54.0 Å². The number of hydrogen-bond donors (Lipinski definition) is 0. The smallest absolute Gasteiger partial charge is 0.264 e. The van der Waals surface area contributed by atoms with Crippen LogP contribution in [0, 0.1) is 0 Å². The lowest BCUT2D eigenvalue weighted by Crippen LogP contribution is -2.32. The molecule has 7 aromatic rings. The van der Waals surface area contributed by atoms with E-state index in [0.717, 1.165) is 27.9 Å². The van der Waals surface area contributed by atoms with Gasteiger partial charge in [-0.2, -0.15) is 0 Å². The van der Waals surface area contributed by atoms with Crippen molar-refractivity contribution in [3.8, 4) is 33.9 Å². The third-order valence-electron chi connectivity index (χ3n) is 8.62. The minimum atomic E-state index is -1.62. The molecule has 1 aliphatic heterocycles. The first-order chi connectivity index (χ1) is 24.5. The molecule has 0 amide bonds. The van der Waals surface area contributed by atoms with Crippen LogP contribution in [0.2, 0.25) is 20.1 Å². The maximum absolute atomic E-state index is 7.21. The van der Waals surface area contributed by atoms with Gasteiger partial charge in [0.25, 0.3) is 5.79 Å². The average molecular weight is 729 g/mol. The zero-order valence-corrected chi connectivity index (χ0v) is 29.3. The van der Waals surface area contributed by atoms with Crippen LogP contribution in [0.1, 0.15) is 16.7 Å². The van der Waals surface area contributed by atoms with Gasteiger partial charge >= 0.3 is 0 Å². The van der Waals surface area contributed by atoms with E-state index in [1.165, 1.54) is 0 Å². The Hall–Kier alpha value is -4.97. The van der Waals surface area contributed by atoms with E-state index in [2.05, 4.69) is 0 Å². The third kappa shape index (κ3) is 5.55. The van der Waals surface area contributed by atoms with Crippen molar-refractivity contribution >= 4 is 57.8 Å². The van der Waals surface area contributed by atoms with Gasteiger partial charge in [0.15, 0.2) is 0 Å². The molecule has 0 spiro atoms. The van der Waals surface area contributed by atoms with Crippen molar-refractivity contribution in [1.82, 2.24) is 9.55 Å². The molecule has 0 bridgehead atoms. The van der Waals surface area contributed by atoms with Crippen molar-refractivity contribution in [2.75, 3.05) is 0 Å². The maximum Gasteiger partial charge on any atom is 0.264 e. The summed E-state index contributed by atoms with van der Waals surface area (Å²) < 4.78 is 2.00. The van der Waals surface area contributed by atoms with Crippen LogP contribution >= 0.6 is 46.4 Å². The summed E-state index contributed by atoms with van der Waals surface area (Å²) in [4.78, 5) is 16.6. The molecule has 0 aliphatic carbocycles. The van der Waals surface area contributed by atoms with E-state index >= 15 is 0 Å². The molecular formula is C42H26Cl4N4. The molecule has 0 saturated heterocycles. The molecule has 0 N–H and O–H groups in total. The van der Waals surface area contributed by atoms with Gasteiger partial charge in [-0.25, -0.2) is 15.0 Å². The Morgan fingerprint density at radius 3 is 1.28 bits per heavy atom. The predicted molar refractivity (Wildman–Crippen MR) is 208 cm³/mol. The molecular weight excluding hydrogens is 702 g/mol. The van der Waals surface area contributed by atoms with E-state index in [4.69, 9.17) is 61.4 Å². The molecule has 0 saturated carbocycles. The summed E-state index contributed by atoms with van der Waals surface area (Å²) in [5.74, 6) is -1.17. The molecule has 0 radical (unpaired) electrons. The van der Waals surface area contributed by atoms with Gasteiger partial charge < -0.3 is 0 Å². The van der Waals surface area contributed by atoms with Gasteiger partial charge in [-0.1, -0.05) is 180 Å². The van der Waals surface area contributed by atoms with Gasteiger partial charge in [0.2, 0.25) is 0 Å². The fourth-order valence-corrected chi connectivity index (χ4v) is 7.66. The van der Waals surface area contributed by atoms with Gasteiger partial charge in [-0.3, -0.25) is 4.57 Å². The molecule has 242 valence electrons. The lowest BCUT2D eigenvalue weighted by molar-refractivity contribution is 0.409. The first-order valence-corrected chi connectivity index (χ1v) is 17.4. The highest BCUT2D eigenvalue weighted by molar-refractivity contribution is 6.54. The third-order valence-corrected chi connectivity index (χ3v) is 9.88. The number of rotatable bonds is 7. The van der Waals surface area contributed by atoms with Crippen molar-refractivity contribution < 1.29 is 0 Å². The van der Waals surface area contributed by atoms with Gasteiger partial charge in [0, 0.05) is 22.3 Å². The molecule has 2 heterocycles. The molecule has 1 aliphatic rings. The predicted octanol–water partition coefficient (Wildman–Crippen LogP) is 12.1. The Kier molecular flexibility index (Phi) is 8.64. The minimum absolute atomic E-state index is 0.386. The first-order valence-electron chi connectivity index (χ1n) is 15.9. The molecule has 0 atom stereocenters. The largest absolute Gasteiger partial charge is 0.274 e. The molecule has 1 aromatic heterocycles. The quantitative estimate of drug-likeness (QED) is 0.161. The number of nitrogens with zero attached hydrogens (tertiary/aromatic N) is 4. The summed E-state index contributed by atoms with van der Waals surface area (Å²) in [6.45, 7) is 0. The second kappa shape index (κ2) is 13.4. The van der Waals surface area contributed by atoms with Gasteiger partial charge in [-0.05, 0) is 24.3 Å². The number of aliphatic imine (C=N–C) groups is 2. The summed E-state index contributed by atoms with van der Waals surface area (Å²) in [5, 5.41) is 1.61. The number of hydrogen-bond acceptors (Lipinski definition) is 3. The SMILES string of the molecule is Clc1cccc(Cl)c1-c1nc(-c2ccccc2)c(-c2ccccc2)n1C1(c2c(Cl)cccc2Cl)N=C(c2ccccc2)C(c2ccccc2)=N1. The van der Waals surface area contributed by atoms with E-state index in [9.17, 15) is 0 Å². The van der Waals surface area contributed by atoms with Crippen LogP contribution in [-0.4, -0.2) is 21.0 Å². The van der Waals surface area contributed by atoms with E-state index in [1.54, 1.807) is 24.3 Å². The Balaban J connectivity index is 1.62. The second-order valence-electron chi connectivity index (χ2n) is 11.7. The first kappa shape index (κ1) is 32.2. The lowest BCUT2D eigenvalue weighted by Gasteiger charge is -2.31. The summed E-state index contributed by atoms with van der Waals surface area (Å²) in [6, 6.07) is 50.8. The number of halogens is 4. The van der Waals surface area contributed by atoms with Crippen LogP contribution in [0.3, 0.4) is 0 Å². The van der Waals surface area contributed by atoms with Crippen LogP contribution in [0.15, 0.2) is 168 Å². The van der Waals surface area contributed by atoms with Crippen molar-refractivity contribution in [2.24, 2.45) is 9.98 Å². The zero-order valence-electron chi connectivity index (χ0n) is 26.3. The fraction of sp³-hybridized carbons (Fsp3) is 0.0238. The van der Waals surface area contributed by atoms with E-state index < -0.39 is 5.79 Å². The summed E-state index contributed by atoms with van der Waals surface area (Å²) >= 11 is 28.5. The standard InChI is InChI=1S/C42H26Cl4N4/c43-31-23-13-24-32(44)35(31)41-47-39(29-19-9-3-10-20-29)40(30-21-11-4-12-22-30)50(41)42(36-33(45)25-14-26-34(36)46)48-37(27-15-5-1-6-16-27)38(49-42)28-17-7-2-8-18-28/h1-26H. The van der Waals surface area contributed by atoms with Crippen LogP contribution in [0.25, 0.3) is 33.9 Å². The maximum atomic E-state index is 7.21. The minimum Gasteiger partial charge on any atom is -0.274 e. The number of benzene rings is 6. The second-order valence-corrected chi connectivity index (χ2v) is 13.3. The van der Waals surface area contributed by atoms with Gasteiger partial charge in [-0.15, -0.1) is 0 Å². The monoisotopic (exact) mass is 726 g/mol. The summed E-state index contributed by atoms with van der Waals surface area (Å²) in [6.07, 6.45) is 0. The van der Waals surface area contributed by atoms with E-state index in [0.29, 0.717) is 54.2 Å². The molecule has 6 aromatic carbocycles. The topological polar surface area (TPSA) is 42.5 Å². The van der Waals surface area contributed by atoms with Gasteiger partial charge in [0.1, 0.15) is 5.82 Å². The van der Waals surface area contributed by atoms with Crippen molar-refractivity contribution in [1.29, 1.82) is 0 Å². The summed E-state index contributed by atoms with van der Waals surface area (Å²) in [5.41, 5.74) is 7.26. The van der Waals surface area contributed by atoms with Crippen LogP contribution in [0.4, 0.5) is 0 Å². The van der Waals surface area contributed by atoms with Crippen molar-refractivity contribution in [2.45, 2.75) is 5.79 Å². The zero-order chi connectivity index (χ0) is 34.2. The lowest BCUT2D eigenvalue weighted by atomic mass is 10.0. The highest BCUT2D eigenvalue weighted by atomic mass is 35.5. The molecule has 0 fully saturated rings. The molecule has 8 heteroatoms. The molecule has 4 nitrogen and oxygen atoms in total. The Labute approximate surface area is 310 Å². The highest BCUT2D eigenvalue weighted by Gasteiger charge is 2.47. The normalized spacial score (nSPS) is 13.6. The molecule has 8 rings (SSSR count). The van der Waals surface area contributed by atoms with Crippen LogP contribution in [-0.2, 0) is 5.79 Å². The Bertz CT molecular complexity index is 2310. The number of aromatic nitrogens is 2. The van der Waals surface area contributed by atoms with Crippen LogP contribution < -0.4 is 0 Å². The highest BCUT2D eigenvalue weighted by Crippen LogP contribution is 2.51. The van der Waals surface area contributed by atoms with Crippen molar-refractivity contribution in [3.63, 3.8) is 0 Å². The number of imidazole rings is 1. The average Bonchev–Trinajstić information content (AvgIpc) is 3.74. The Morgan fingerprint density at radius 1 is 0.420 bits per heavy atom. The Morgan fingerprint density at radius 2 is 0.820 bits per heavy atom. The van der Waals surface area contributed by atoms with Crippen molar-refractivity contribution in [3.05, 3.63) is 195 Å². The molecule has 0 unspecified atom stereocenters. The van der Waals surface area contributed by atoms with E-state index in [-0.39, 0.29) is 0 Å². The fourth-order valence-electron chi connectivity index (χ4n) is 6.44. The molecule has 50 heavy (non-hydrogen) atoms. The summed E-state index contributed by atoms with van der Waals surface area (Å²) in [7, 11) is 0.